The Labute approximate surface area is 118 Å². The number of aromatic nitrogens is 2. The Morgan fingerprint density at radius 2 is 1.89 bits per heavy atom. The molecule has 7 heteroatoms. The highest BCUT2D eigenvalue weighted by Gasteiger charge is 2.29. The van der Waals surface area contributed by atoms with Crippen molar-refractivity contribution < 1.29 is 8.42 Å². The van der Waals surface area contributed by atoms with Gasteiger partial charge in [0.1, 0.15) is 4.90 Å². The molecule has 19 heavy (non-hydrogen) atoms. The van der Waals surface area contributed by atoms with Crippen molar-refractivity contribution in [1.82, 2.24) is 14.7 Å². The molecule has 1 heterocycles. The van der Waals surface area contributed by atoms with Crippen molar-refractivity contribution in [2.24, 2.45) is 11.8 Å². The highest BCUT2D eigenvalue weighted by molar-refractivity contribution is 7.89. The molecule has 1 aromatic heterocycles. The number of sulfonamides is 1. The molecule has 0 spiro atoms. The van der Waals surface area contributed by atoms with Crippen LogP contribution in [0.2, 0.25) is 5.28 Å². The van der Waals surface area contributed by atoms with Crippen LogP contribution >= 0.6 is 11.6 Å². The van der Waals surface area contributed by atoms with E-state index in [1.165, 1.54) is 12.4 Å². The monoisotopic (exact) mass is 303 g/mol. The molecule has 3 unspecified atom stereocenters. The molecular weight excluding hydrogens is 286 g/mol. The van der Waals surface area contributed by atoms with Crippen LogP contribution in [0.5, 0.6) is 0 Å². The minimum Gasteiger partial charge on any atom is -0.225 e. The van der Waals surface area contributed by atoms with Gasteiger partial charge in [0.2, 0.25) is 15.3 Å². The van der Waals surface area contributed by atoms with Gasteiger partial charge in [0.15, 0.2) is 0 Å². The molecule has 3 atom stereocenters. The topological polar surface area (TPSA) is 72.0 Å². The number of nitrogens with one attached hydrogen (secondary N) is 1. The molecule has 1 N–H and O–H groups in total. The Kier molecular flexibility index (Phi) is 4.43. The smallest absolute Gasteiger partial charge is 0.225 e. The predicted molar refractivity (Wildman–Crippen MR) is 73.3 cm³/mol. The summed E-state index contributed by atoms with van der Waals surface area (Å²) in [4.78, 5) is 7.47. The van der Waals surface area contributed by atoms with Crippen molar-refractivity contribution in [1.29, 1.82) is 0 Å². The average molecular weight is 304 g/mol. The first-order chi connectivity index (χ1) is 8.88. The summed E-state index contributed by atoms with van der Waals surface area (Å²) in [6.07, 6.45) is 5.43. The van der Waals surface area contributed by atoms with Crippen LogP contribution in [0.1, 0.15) is 33.1 Å². The number of hydrogen-bond donors (Lipinski definition) is 1. The molecular formula is C12H18ClN3O2S. The van der Waals surface area contributed by atoms with Crippen molar-refractivity contribution in [2.75, 3.05) is 0 Å². The summed E-state index contributed by atoms with van der Waals surface area (Å²) >= 11 is 5.56. The second-order valence-corrected chi connectivity index (χ2v) is 7.36. The zero-order chi connectivity index (χ0) is 14.0. The predicted octanol–water partition coefficient (Wildman–Crippen LogP) is 2.23. The Hall–Kier alpha value is -0.720. The van der Waals surface area contributed by atoms with E-state index in [2.05, 4.69) is 28.5 Å². The molecule has 0 saturated heterocycles. The summed E-state index contributed by atoms with van der Waals surface area (Å²) in [6, 6.07) is -0.0168. The highest BCUT2D eigenvalue weighted by atomic mass is 35.5. The molecule has 0 amide bonds. The molecule has 106 valence electrons. The Bertz CT molecular complexity index is 532. The highest BCUT2D eigenvalue weighted by Crippen LogP contribution is 2.29. The SMILES string of the molecule is CC1CCC(NS(=O)(=O)c2cnc(Cl)nc2)C(C)C1. The van der Waals surface area contributed by atoms with Crippen LogP contribution in [0.4, 0.5) is 0 Å². The van der Waals surface area contributed by atoms with Gasteiger partial charge < -0.3 is 0 Å². The van der Waals surface area contributed by atoms with Gasteiger partial charge in [-0.2, -0.15) is 0 Å². The third-order valence-electron chi connectivity index (χ3n) is 3.64. The van der Waals surface area contributed by atoms with E-state index in [0.717, 1.165) is 19.3 Å². The first-order valence-corrected chi connectivity index (χ1v) is 8.24. The van der Waals surface area contributed by atoms with E-state index in [-0.39, 0.29) is 16.2 Å². The van der Waals surface area contributed by atoms with E-state index < -0.39 is 10.0 Å². The molecule has 0 bridgehead atoms. The lowest BCUT2D eigenvalue weighted by molar-refractivity contribution is 0.249. The zero-order valence-corrected chi connectivity index (χ0v) is 12.6. The maximum Gasteiger partial charge on any atom is 0.243 e. The van der Waals surface area contributed by atoms with Crippen LogP contribution in [0, 0.1) is 11.8 Å². The fourth-order valence-electron chi connectivity index (χ4n) is 2.55. The minimum absolute atomic E-state index is 0.0168. The molecule has 1 aromatic rings. The standard InChI is InChI=1S/C12H18ClN3O2S/c1-8-3-4-11(9(2)5-8)16-19(17,18)10-6-14-12(13)15-7-10/h6-9,11,16H,3-5H2,1-2H3. The summed E-state index contributed by atoms with van der Waals surface area (Å²) in [6.45, 7) is 4.29. The van der Waals surface area contributed by atoms with Gasteiger partial charge in [0, 0.05) is 6.04 Å². The second-order valence-electron chi connectivity index (χ2n) is 5.31. The lowest BCUT2D eigenvalue weighted by Gasteiger charge is -2.32. The van der Waals surface area contributed by atoms with Gasteiger partial charge in [0.25, 0.3) is 0 Å². The minimum atomic E-state index is -3.56. The Morgan fingerprint density at radius 3 is 2.47 bits per heavy atom. The van der Waals surface area contributed by atoms with Crippen LogP contribution in [0.25, 0.3) is 0 Å². The van der Waals surface area contributed by atoms with Crippen LogP contribution in [-0.4, -0.2) is 24.4 Å². The second kappa shape index (κ2) is 5.73. The summed E-state index contributed by atoms with van der Waals surface area (Å²) < 4.78 is 27.2. The van der Waals surface area contributed by atoms with Crippen LogP contribution in [0.3, 0.4) is 0 Å². The van der Waals surface area contributed by atoms with E-state index in [4.69, 9.17) is 11.6 Å². The fraction of sp³-hybridized carbons (Fsp3) is 0.667. The lowest BCUT2D eigenvalue weighted by atomic mass is 9.80. The number of rotatable bonds is 3. The number of nitrogens with zero attached hydrogens (tertiary/aromatic N) is 2. The lowest BCUT2D eigenvalue weighted by Crippen LogP contribution is -2.42. The summed E-state index contributed by atoms with van der Waals surface area (Å²) in [7, 11) is -3.56. The molecule has 2 rings (SSSR count). The quantitative estimate of drug-likeness (QED) is 0.869. The van der Waals surface area contributed by atoms with Crippen molar-refractivity contribution in [3.63, 3.8) is 0 Å². The van der Waals surface area contributed by atoms with E-state index in [1.54, 1.807) is 0 Å². The zero-order valence-electron chi connectivity index (χ0n) is 11.0. The van der Waals surface area contributed by atoms with E-state index in [9.17, 15) is 8.42 Å². The third kappa shape index (κ3) is 3.64. The largest absolute Gasteiger partial charge is 0.243 e. The molecule has 0 aromatic carbocycles. The Morgan fingerprint density at radius 1 is 1.26 bits per heavy atom. The first kappa shape index (κ1) is 14.7. The van der Waals surface area contributed by atoms with Gasteiger partial charge in [0.05, 0.1) is 12.4 Å². The normalized spacial score (nSPS) is 28.3. The van der Waals surface area contributed by atoms with Gasteiger partial charge in [-0.25, -0.2) is 23.1 Å². The third-order valence-corrected chi connectivity index (χ3v) is 5.28. The molecule has 1 fully saturated rings. The maximum atomic E-state index is 12.2. The maximum absolute atomic E-state index is 12.2. The molecule has 1 saturated carbocycles. The van der Waals surface area contributed by atoms with E-state index in [1.807, 2.05) is 0 Å². The van der Waals surface area contributed by atoms with Crippen molar-refractivity contribution in [3.8, 4) is 0 Å². The molecule has 1 aliphatic rings. The van der Waals surface area contributed by atoms with E-state index in [0.29, 0.717) is 11.8 Å². The molecule has 0 radical (unpaired) electrons. The van der Waals surface area contributed by atoms with Gasteiger partial charge in [-0.15, -0.1) is 0 Å². The van der Waals surface area contributed by atoms with Gasteiger partial charge in [-0.3, -0.25) is 0 Å². The summed E-state index contributed by atoms with van der Waals surface area (Å²) in [5, 5.41) is 0.0406. The average Bonchev–Trinajstić information content (AvgIpc) is 2.33. The first-order valence-electron chi connectivity index (χ1n) is 6.38. The number of halogens is 1. The van der Waals surface area contributed by atoms with Crippen LogP contribution < -0.4 is 4.72 Å². The summed E-state index contributed by atoms with van der Waals surface area (Å²) in [5.74, 6) is 1.00. The van der Waals surface area contributed by atoms with E-state index >= 15 is 0 Å². The Balaban J connectivity index is 2.11. The van der Waals surface area contributed by atoms with Crippen molar-refractivity contribution >= 4 is 21.6 Å². The van der Waals surface area contributed by atoms with Gasteiger partial charge in [-0.1, -0.05) is 13.8 Å². The van der Waals surface area contributed by atoms with Gasteiger partial charge >= 0.3 is 0 Å². The van der Waals surface area contributed by atoms with Crippen LogP contribution in [0.15, 0.2) is 17.3 Å². The molecule has 0 aliphatic heterocycles. The van der Waals surface area contributed by atoms with Crippen molar-refractivity contribution in [2.45, 2.75) is 44.0 Å². The fourth-order valence-corrected chi connectivity index (χ4v) is 3.91. The van der Waals surface area contributed by atoms with Crippen molar-refractivity contribution in [3.05, 3.63) is 17.7 Å². The summed E-state index contributed by atoms with van der Waals surface area (Å²) in [5.41, 5.74) is 0. The van der Waals surface area contributed by atoms with Crippen LogP contribution in [-0.2, 0) is 10.0 Å². The van der Waals surface area contributed by atoms with Gasteiger partial charge in [-0.05, 0) is 42.7 Å². The number of hydrogen-bond acceptors (Lipinski definition) is 4. The molecule has 5 nitrogen and oxygen atoms in total. The molecule has 1 aliphatic carbocycles.